The Kier molecular flexibility index (Phi) is 4.24. The van der Waals surface area contributed by atoms with Crippen molar-refractivity contribution < 1.29 is 14.6 Å². The Morgan fingerprint density at radius 1 is 1.75 bits per heavy atom. The zero-order valence-electron chi connectivity index (χ0n) is 8.67. The molecule has 0 spiro atoms. The SMILES string of the molecule is COCC(Nc1ccc(C#N)nc1)C(=O)O. The molecule has 0 aromatic carbocycles. The summed E-state index contributed by atoms with van der Waals surface area (Å²) in [5.41, 5.74) is 0.813. The molecule has 84 valence electrons. The summed E-state index contributed by atoms with van der Waals surface area (Å²) in [7, 11) is 1.43. The second-order valence-corrected chi connectivity index (χ2v) is 3.03. The lowest BCUT2D eigenvalue weighted by Gasteiger charge is -2.14. The van der Waals surface area contributed by atoms with E-state index in [1.165, 1.54) is 19.4 Å². The zero-order valence-corrected chi connectivity index (χ0v) is 8.67. The highest BCUT2D eigenvalue weighted by Crippen LogP contribution is 2.07. The van der Waals surface area contributed by atoms with E-state index in [4.69, 9.17) is 15.1 Å². The molecule has 1 aromatic rings. The van der Waals surface area contributed by atoms with Gasteiger partial charge in [0.05, 0.1) is 18.5 Å². The number of carboxylic acids is 1. The predicted molar refractivity (Wildman–Crippen MR) is 55.9 cm³/mol. The smallest absolute Gasteiger partial charge is 0.328 e. The van der Waals surface area contributed by atoms with Gasteiger partial charge in [-0.15, -0.1) is 0 Å². The van der Waals surface area contributed by atoms with Crippen LogP contribution in [-0.4, -0.2) is 35.8 Å². The maximum atomic E-state index is 10.8. The molecule has 0 amide bonds. The molecule has 1 atom stereocenters. The molecule has 0 bridgehead atoms. The van der Waals surface area contributed by atoms with E-state index in [0.29, 0.717) is 5.69 Å². The summed E-state index contributed by atoms with van der Waals surface area (Å²) in [6.07, 6.45) is 1.41. The Balaban J connectivity index is 2.70. The summed E-state index contributed by atoms with van der Waals surface area (Å²) in [5.74, 6) is -1.01. The van der Waals surface area contributed by atoms with Crippen LogP contribution in [0.2, 0.25) is 0 Å². The molecule has 6 heteroatoms. The van der Waals surface area contributed by atoms with Gasteiger partial charge in [0, 0.05) is 7.11 Å². The molecule has 2 N–H and O–H groups in total. The van der Waals surface area contributed by atoms with Gasteiger partial charge in [0.25, 0.3) is 0 Å². The number of rotatable bonds is 5. The third-order valence-electron chi connectivity index (χ3n) is 1.85. The number of aliphatic carboxylic acids is 1. The number of carboxylic acid groups (broad SMARTS) is 1. The number of hydrogen-bond acceptors (Lipinski definition) is 5. The standard InChI is InChI=1S/C10H11N3O3/c1-16-6-9(10(14)15)13-8-3-2-7(4-11)12-5-8/h2-3,5,9,13H,6H2,1H3,(H,14,15). The van der Waals surface area contributed by atoms with Gasteiger partial charge in [-0.25, -0.2) is 9.78 Å². The number of methoxy groups -OCH3 is 1. The molecule has 6 nitrogen and oxygen atoms in total. The van der Waals surface area contributed by atoms with Gasteiger partial charge in [-0.2, -0.15) is 5.26 Å². The zero-order chi connectivity index (χ0) is 12.0. The number of hydrogen-bond donors (Lipinski definition) is 2. The maximum absolute atomic E-state index is 10.8. The summed E-state index contributed by atoms with van der Waals surface area (Å²) in [6.45, 7) is 0.0509. The molecular weight excluding hydrogens is 210 g/mol. The van der Waals surface area contributed by atoms with Crippen molar-refractivity contribution in [2.45, 2.75) is 6.04 Å². The van der Waals surface area contributed by atoms with Crippen LogP contribution in [0.1, 0.15) is 5.69 Å². The average molecular weight is 221 g/mol. The molecule has 1 heterocycles. The van der Waals surface area contributed by atoms with Gasteiger partial charge in [-0.3, -0.25) is 0 Å². The Morgan fingerprint density at radius 2 is 2.50 bits per heavy atom. The maximum Gasteiger partial charge on any atom is 0.328 e. The first-order chi connectivity index (χ1) is 7.67. The third kappa shape index (κ3) is 3.22. The average Bonchev–Trinajstić information content (AvgIpc) is 2.29. The van der Waals surface area contributed by atoms with Crippen LogP contribution < -0.4 is 5.32 Å². The molecule has 1 aromatic heterocycles. The van der Waals surface area contributed by atoms with Gasteiger partial charge in [-0.05, 0) is 12.1 Å². The molecule has 1 rings (SSSR count). The topological polar surface area (TPSA) is 95.2 Å². The lowest BCUT2D eigenvalue weighted by atomic mass is 10.3. The van der Waals surface area contributed by atoms with Crippen LogP contribution >= 0.6 is 0 Å². The van der Waals surface area contributed by atoms with E-state index in [2.05, 4.69) is 10.3 Å². The van der Waals surface area contributed by atoms with Crippen molar-refractivity contribution in [2.75, 3.05) is 19.0 Å². The van der Waals surface area contributed by atoms with Crippen molar-refractivity contribution >= 4 is 11.7 Å². The van der Waals surface area contributed by atoms with Crippen molar-refractivity contribution in [1.82, 2.24) is 4.98 Å². The second-order valence-electron chi connectivity index (χ2n) is 3.03. The number of aromatic nitrogens is 1. The van der Waals surface area contributed by atoms with Crippen molar-refractivity contribution in [3.05, 3.63) is 24.0 Å². The minimum absolute atomic E-state index is 0.0509. The number of pyridine rings is 1. The summed E-state index contributed by atoms with van der Waals surface area (Å²) >= 11 is 0. The first-order valence-electron chi connectivity index (χ1n) is 4.52. The van der Waals surface area contributed by atoms with E-state index < -0.39 is 12.0 Å². The fourth-order valence-electron chi connectivity index (χ4n) is 1.09. The predicted octanol–water partition coefficient (Wildman–Crippen LogP) is 0.465. The van der Waals surface area contributed by atoms with E-state index in [-0.39, 0.29) is 12.3 Å². The van der Waals surface area contributed by atoms with Crippen LogP contribution in [0.4, 0.5) is 5.69 Å². The van der Waals surface area contributed by atoms with Gasteiger partial charge >= 0.3 is 5.97 Å². The molecule has 16 heavy (non-hydrogen) atoms. The molecular formula is C10H11N3O3. The third-order valence-corrected chi connectivity index (χ3v) is 1.85. The minimum atomic E-state index is -1.01. The summed E-state index contributed by atoms with van der Waals surface area (Å²) in [4.78, 5) is 14.6. The Hall–Kier alpha value is -2.13. The van der Waals surface area contributed by atoms with E-state index in [1.807, 2.05) is 6.07 Å². The largest absolute Gasteiger partial charge is 0.480 e. The van der Waals surface area contributed by atoms with E-state index in [1.54, 1.807) is 6.07 Å². The molecule has 0 aliphatic rings. The molecule has 0 aliphatic carbocycles. The van der Waals surface area contributed by atoms with Gasteiger partial charge in [0.2, 0.25) is 0 Å². The monoisotopic (exact) mass is 221 g/mol. The Bertz CT molecular complexity index is 397. The molecule has 0 fully saturated rings. The highest BCUT2D eigenvalue weighted by molar-refractivity contribution is 5.77. The first-order valence-corrected chi connectivity index (χ1v) is 4.52. The second kappa shape index (κ2) is 5.68. The number of anilines is 1. The molecule has 1 unspecified atom stereocenters. The van der Waals surface area contributed by atoms with Crippen LogP contribution in [-0.2, 0) is 9.53 Å². The quantitative estimate of drug-likeness (QED) is 0.750. The lowest BCUT2D eigenvalue weighted by Crippen LogP contribution is -2.33. The van der Waals surface area contributed by atoms with E-state index >= 15 is 0 Å². The van der Waals surface area contributed by atoms with Crippen molar-refractivity contribution in [2.24, 2.45) is 0 Å². The molecule has 0 aliphatic heterocycles. The van der Waals surface area contributed by atoms with Gasteiger partial charge < -0.3 is 15.2 Å². The van der Waals surface area contributed by atoms with Crippen LogP contribution in [0.3, 0.4) is 0 Å². The number of nitrogens with zero attached hydrogens (tertiary/aromatic N) is 2. The highest BCUT2D eigenvalue weighted by Gasteiger charge is 2.16. The van der Waals surface area contributed by atoms with Crippen molar-refractivity contribution in [3.8, 4) is 6.07 Å². The minimum Gasteiger partial charge on any atom is -0.480 e. The van der Waals surface area contributed by atoms with Crippen LogP contribution in [0.25, 0.3) is 0 Å². The summed E-state index contributed by atoms with van der Waals surface area (Å²) in [6, 6.07) is 4.14. The normalized spacial score (nSPS) is 11.5. The molecule has 0 saturated carbocycles. The summed E-state index contributed by atoms with van der Waals surface area (Å²) in [5, 5.41) is 20.1. The summed E-state index contributed by atoms with van der Waals surface area (Å²) < 4.78 is 4.77. The van der Waals surface area contributed by atoms with Crippen LogP contribution in [0.15, 0.2) is 18.3 Å². The fourth-order valence-corrected chi connectivity index (χ4v) is 1.09. The number of nitriles is 1. The Morgan fingerprint density at radius 3 is 2.94 bits per heavy atom. The van der Waals surface area contributed by atoms with Crippen LogP contribution in [0.5, 0.6) is 0 Å². The van der Waals surface area contributed by atoms with E-state index in [9.17, 15) is 4.79 Å². The van der Waals surface area contributed by atoms with Gasteiger partial charge in [0.1, 0.15) is 17.8 Å². The lowest BCUT2D eigenvalue weighted by molar-refractivity contribution is -0.139. The molecule has 0 radical (unpaired) electrons. The van der Waals surface area contributed by atoms with Gasteiger partial charge in [0.15, 0.2) is 0 Å². The Labute approximate surface area is 92.5 Å². The number of carbonyl (C=O) groups is 1. The first kappa shape index (κ1) is 11.9. The van der Waals surface area contributed by atoms with E-state index in [0.717, 1.165) is 0 Å². The molecule has 0 saturated heterocycles. The van der Waals surface area contributed by atoms with Crippen molar-refractivity contribution in [3.63, 3.8) is 0 Å². The number of ether oxygens (including phenoxy) is 1. The number of nitrogens with one attached hydrogen (secondary N) is 1. The van der Waals surface area contributed by atoms with Crippen LogP contribution in [0, 0.1) is 11.3 Å². The highest BCUT2D eigenvalue weighted by atomic mass is 16.5. The fraction of sp³-hybridized carbons (Fsp3) is 0.300. The van der Waals surface area contributed by atoms with Crippen molar-refractivity contribution in [1.29, 1.82) is 5.26 Å². The van der Waals surface area contributed by atoms with Gasteiger partial charge in [-0.1, -0.05) is 0 Å².